The highest BCUT2D eigenvalue weighted by molar-refractivity contribution is 5.94. The van der Waals surface area contributed by atoms with E-state index in [1.807, 2.05) is 25.1 Å². The quantitative estimate of drug-likeness (QED) is 0.650. The lowest BCUT2D eigenvalue weighted by Crippen LogP contribution is -2.54. The fraction of sp³-hybridized carbons (Fsp3) is 0.542. The minimum atomic E-state index is -1.00. The summed E-state index contributed by atoms with van der Waals surface area (Å²) < 4.78 is 5.86. The van der Waals surface area contributed by atoms with E-state index in [9.17, 15) is 9.90 Å². The number of rotatable bonds is 8. The number of aryl methyl sites for hydroxylation is 1. The van der Waals surface area contributed by atoms with Crippen LogP contribution in [-0.2, 0) is 0 Å². The van der Waals surface area contributed by atoms with Crippen LogP contribution in [0.3, 0.4) is 0 Å². The summed E-state index contributed by atoms with van der Waals surface area (Å²) in [6, 6.07) is 9.15. The molecule has 8 heteroatoms. The van der Waals surface area contributed by atoms with Gasteiger partial charge >= 0.3 is 0 Å². The van der Waals surface area contributed by atoms with E-state index < -0.39 is 5.60 Å². The molecule has 0 spiro atoms. The molecule has 2 fully saturated rings. The molecular weight excluding hydrogens is 406 g/mol. The van der Waals surface area contributed by atoms with Crippen molar-refractivity contribution in [1.29, 1.82) is 0 Å². The molecule has 0 aliphatic carbocycles. The lowest BCUT2D eigenvalue weighted by molar-refractivity contribution is 0.0254. The van der Waals surface area contributed by atoms with Gasteiger partial charge in [0.2, 0.25) is 0 Å². The second-order valence-electron chi connectivity index (χ2n) is 8.87. The third-order valence-corrected chi connectivity index (χ3v) is 6.22. The first-order valence-electron chi connectivity index (χ1n) is 11.5. The number of carbonyl (C=O) groups is 1. The predicted molar refractivity (Wildman–Crippen MR) is 123 cm³/mol. The average molecular weight is 440 g/mol. The van der Waals surface area contributed by atoms with Gasteiger partial charge in [0.25, 0.3) is 5.91 Å². The maximum atomic E-state index is 12.7. The summed E-state index contributed by atoms with van der Waals surface area (Å²) in [5.74, 6) is 1.29. The Morgan fingerprint density at radius 1 is 1.19 bits per heavy atom. The van der Waals surface area contributed by atoms with E-state index in [1.165, 1.54) is 12.8 Å². The van der Waals surface area contributed by atoms with Crippen molar-refractivity contribution in [1.82, 2.24) is 20.2 Å². The number of nitrogens with one attached hydrogen (secondary N) is 1. The van der Waals surface area contributed by atoms with Gasteiger partial charge in [0.05, 0.1) is 5.60 Å². The highest BCUT2D eigenvalue weighted by atomic mass is 16.5. The Hall–Kier alpha value is -2.71. The summed E-state index contributed by atoms with van der Waals surface area (Å²) in [6.45, 7) is 7.16. The van der Waals surface area contributed by atoms with Crippen molar-refractivity contribution in [2.45, 2.75) is 38.2 Å². The van der Waals surface area contributed by atoms with Gasteiger partial charge in [-0.3, -0.25) is 9.69 Å². The zero-order valence-electron chi connectivity index (χ0n) is 18.8. The van der Waals surface area contributed by atoms with Gasteiger partial charge in [-0.2, -0.15) is 0 Å². The number of β-amino-alcohol motifs (C(OH)–C–C–N with tert-alkyl or cyclic N) is 1. The normalized spacial score (nSPS) is 21.5. The van der Waals surface area contributed by atoms with E-state index in [1.54, 1.807) is 18.5 Å². The Kier molecular flexibility index (Phi) is 7.22. The molecule has 172 valence electrons. The van der Waals surface area contributed by atoms with Gasteiger partial charge in [-0.1, -0.05) is 6.07 Å². The van der Waals surface area contributed by atoms with Gasteiger partial charge < -0.3 is 20.1 Å². The number of aromatic nitrogens is 2. The molecule has 1 atom stereocenters. The number of hydrogen-bond donors (Lipinski definition) is 2. The van der Waals surface area contributed by atoms with Crippen molar-refractivity contribution in [3.8, 4) is 5.75 Å². The van der Waals surface area contributed by atoms with Crippen LogP contribution < -0.4 is 15.0 Å². The van der Waals surface area contributed by atoms with E-state index in [0.717, 1.165) is 44.1 Å². The molecular formula is C24H33N5O3. The van der Waals surface area contributed by atoms with E-state index in [2.05, 4.69) is 25.1 Å². The number of ether oxygens (including phenoxy) is 1. The van der Waals surface area contributed by atoms with E-state index in [4.69, 9.17) is 4.74 Å². The Morgan fingerprint density at radius 2 is 2.03 bits per heavy atom. The molecule has 0 bridgehead atoms. The minimum absolute atomic E-state index is 0.187. The summed E-state index contributed by atoms with van der Waals surface area (Å²) in [4.78, 5) is 25.7. The van der Waals surface area contributed by atoms with Crippen molar-refractivity contribution in [3.05, 3.63) is 47.9 Å². The van der Waals surface area contributed by atoms with Gasteiger partial charge in [0, 0.05) is 43.5 Å². The van der Waals surface area contributed by atoms with Crippen molar-refractivity contribution in [2.24, 2.45) is 0 Å². The van der Waals surface area contributed by atoms with Gasteiger partial charge in [0.1, 0.15) is 24.5 Å². The van der Waals surface area contributed by atoms with Crippen LogP contribution in [0.2, 0.25) is 0 Å². The molecule has 2 aliphatic heterocycles. The molecule has 3 heterocycles. The number of nitrogens with zero attached hydrogens (tertiary/aromatic N) is 4. The molecule has 4 rings (SSSR count). The molecule has 2 aliphatic rings. The summed E-state index contributed by atoms with van der Waals surface area (Å²) >= 11 is 0. The first kappa shape index (κ1) is 22.5. The minimum Gasteiger partial charge on any atom is -0.492 e. The number of benzene rings is 1. The Bertz CT molecular complexity index is 918. The van der Waals surface area contributed by atoms with Crippen LogP contribution in [0.25, 0.3) is 0 Å². The van der Waals surface area contributed by atoms with Crippen LogP contribution >= 0.6 is 0 Å². The number of anilines is 1. The van der Waals surface area contributed by atoms with E-state index in [-0.39, 0.29) is 12.5 Å². The third kappa shape index (κ3) is 5.95. The third-order valence-electron chi connectivity index (χ3n) is 6.22. The maximum absolute atomic E-state index is 12.7. The average Bonchev–Trinajstić information content (AvgIpc) is 3.31. The standard InChI is InChI=1S/C24H33N5O3/c1-19-14-22(27-18-26-19)29-11-5-8-24(31,17-29)16-25-23(30)20-6-4-7-21(15-20)32-13-12-28-9-2-3-10-28/h4,6-7,14-15,18,31H,2-3,5,8-13,16-17H2,1H3,(H,25,30)/t24-/m0/s1. The first-order chi connectivity index (χ1) is 15.5. The fourth-order valence-corrected chi connectivity index (χ4v) is 4.44. The van der Waals surface area contributed by atoms with Crippen molar-refractivity contribution in [2.75, 3.05) is 50.8 Å². The van der Waals surface area contributed by atoms with Crippen LogP contribution in [-0.4, -0.2) is 77.4 Å². The number of aliphatic hydroxyl groups is 1. The summed E-state index contributed by atoms with van der Waals surface area (Å²) in [5.41, 5.74) is 0.419. The molecule has 8 nitrogen and oxygen atoms in total. The second-order valence-corrected chi connectivity index (χ2v) is 8.87. The molecule has 0 unspecified atom stereocenters. The highest BCUT2D eigenvalue weighted by Crippen LogP contribution is 2.25. The van der Waals surface area contributed by atoms with Crippen LogP contribution in [0.15, 0.2) is 36.7 Å². The first-order valence-corrected chi connectivity index (χ1v) is 11.5. The van der Waals surface area contributed by atoms with Gasteiger partial charge in [0.15, 0.2) is 0 Å². The second kappa shape index (κ2) is 10.3. The van der Waals surface area contributed by atoms with Gasteiger partial charge in [-0.05, 0) is 63.9 Å². The molecule has 0 radical (unpaired) electrons. The SMILES string of the molecule is Cc1cc(N2CCC[C@](O)(CNC(=O)c3cccc(OCCN4CCCC4)c3)C2)ncn1. The number of carbonyl (C=O) groups excluding carboxylic acids is 1. The predicted octanol–water partition coefficient (Wildman–Crippen LogP) is 2.02. The van der Waals surface area contributed by atoms with Crippen LogP contribution in [0, 0.1) is 6.92 Å². The van der Waals surface area contributed by atoms with Crippen molar-refractivity contribution in [3.63, 3.8) is 0 Å². The lowest BCUT2D eigenvalue weighted by Gasteiger charge is -2.39. The molecule has 2 aromatic rings. The van der Waals surface area contributed by atoms with Crippen molar-refractivity contribution >= 4 is 11.7 Å². The summed E-state index contributed by atoms with van der Waals surface area (Å²) in [7, 11) is 0. The molecule has 1 amide bonds. The molecule has 1 aromatic heterocycles. The zero-order chi connectivity index (χ0) is 22.4. The number of piperidine rings is 1. The van der Waals surface area contributed by atoms with E-state index >= 15 is 0 Å². The van der Waals surface area contributed by atoms with E-state index in [0.29, 0.717) is 30.9 Å². The number of hydrogen-bond acceptors (Lipinski definition) is 7. The topological polar surface area (TPSA) is 90.8 Å². The smallest absolute Gasteiger partial charge is 0.251 e. The van der Waals surface area contributed by atoms with Gasteiger partial charge in [-0.15, -0.1) is 0 Å². The molecule has 32 heavy (non-hydrogen) atoms. The fourth-order valence-electron chi connectivity index (χ4n) is 4.44. The Labute approximate surface area is 189 Å². The summed E-state index contributed by atoms with van der Waals surface area (Å²) in [5, 5.41) is 14.0. The monoisotopic (exact) mass is 439 g/mol. The Balaban J connectivity index is 1.29. The van der Waals surface area contributed by atoms with Crippen molar-refractivity contribution < 1.29 is 14.6 Å². The molecule has 2 N–H and O–H groups in total. The molecule has 2 saturated heterocycles. The highest BCUT2D eigenvalue weighted by Gasteiger charge is 2.34. The maximum Gasteiger partial charge on any atom is 0.251 e. The Morgan fingerprint density at radius 3 is 2.84 bits per heavy atom. The van der Waals surface area contributed by atoms with Crippen LogP contribution in [0.1, 0.15) is 41.7 Å². The zero-order valence-corrected chi connectivity index (χ0v) is 18.8. The van der Waals surface area contributed by atoms with Crippen LogP contribution in [0.5, 0.6) is 5.75 Å². The summed E-state index contributed by atoms with van der Waals surface area (Å²) in [6.07, 6.45) is 5.53. The van der Waals surface area contributed by atoms with Gasteiger partial charge in [-0.25, -0.2) is 9.97 Å². The number of amides is 1. The number of likely N-dealkylation sites (tertiary alicyclic amines) is 1. The lowest BCUT2D eigenvalue weighted by atomic mass is 9.92. The largest absolute Gasteiger partial charge is 0.492 e. The molecule has 0 saturated carbocycles. The van der Waals surface area contributed by atoms with Crippen LogP contribution in [0.4, 0.5) is 5.82 Å². The molecule has 1 aromatic carbocycles.